The Labute approximate surface area is 137 Å². The number of benzene rings is 1. The zero-order valence-corrected chi connectivity index (χ0v) is 14.1. The highest BCUT2D eigenvalue weighted by molar-refractivity contribution is 5.94. The molecule has 0 spiro atoms. The minimum absolute atomic E-state index is 0.00315. The van der Waals surface area contributed by atoms with Gasteiger partial charge in [0.25, 0.3) is 5.91 Å². The molecule has 0 unspecified atom stereocenters. The van der Waals surface area contributed by atoms with E-state index in [0.717, 1.165) is 5.75 Å². The summed E-state index contributed by atoms with van der Waals surface area (Å²) in [4.78, 5) is 26.0. The highest BCUT2D eigenvalue weighted by Gasteiger charge is 2.28. The van der Waals surface area contributed by atoms with Crippen LogP contribution in [0.4, 0.5) is 0 Å². The number of carbonyl (C=O) groups is 2. The van der Waals surface area contributed by atoms with Crippen molar-refractivity contribution in [3.63, 3.8) is 0 Å². The van der Waals surface area contributed by atoms with Gasteiger partial charge in [0.15, 0.2) is 0 Å². The van der Waals surface area contributed by atoms with Gasteiger partial charge in [-0.25, -0.2) is 0 Å². The Bertz CT molecular complexity index is 530. The summed E-state index contributed by atoms with van der Waals surface area (Å²) in [5, 5.41) is 0. The van der Waals surface area contributed by atoms with E-state index in [0.29, 0.717) is 38.1 Å². The van der Waals surface area contributed by atoms with E-state index in [2.05, 4.69) is 0 Å². The van der Waals surface area contributed by atoms with E-state index in [1.165, 1.54) is 0 Å². The normalized spacial score (nSPS) is 15.6. The lowest BCUT2D eigenvalue weighted by Gasteiger charge is -2.31. The highest BCUT2D eigenvalue weighted by atomic mass is 16.5. The smallest absolute Gasteiger partial charge is 0.309 e. The number of esters is 1. The van der Waals surface area contributed by atoms with E-state index in [9.17, 15) is 9.59 Å². The first-order valence-corrected chi connectivity index (χ1v) is 8.24. The first-order chi connectivity index (χ1) is 11.0. The van der Waals surface area contributed by atoms with Crippen LogP contribution in [0.15, 0.2) is 24.3 Å². The van der Waals surface area contributed by atoms with Crippen LogP contribution in [0.5, 0.6) is 5.75 Å². The molecule has 1 aromatic rings. The molecule has 0 atom stereocenters. The molecule has 126 valence electrons. The SMILES string of the molecule is CCOC(=O)C1CCN(C(=O)c2ccc(OC(C)C)cc2)CC1. The predicted octanol–water partition coefficient (Wildman–Crippen LogP) is 2.89. The first-order valence-electron chi connectivity index (χ1n) is 8.24. The number of likely N-dealkylation sites (tertiary alicyclic amines) is 1. The van der Waals surface area contributed by atoms with Crippen molar-refractivity contribution in [2.75, 3.05) is 19.7 Å². The molecule has 1 fully saturated rings. The van der Waals surface area contributed by atoms with Gasteiger partial charge in [0.1, 0.15) is 5.75 Å². The molecule has 0 radical (unpaired) electrons. The van der Waals surface area contributed by atoms with E-state index in [-0.39, 0.29) is 23.9 Å². The van der Waals surface area contributed by atoms with Gasteiger partial charge >= 0.3 is 5.97 Å². The number of nitrogens with zero attached hydrogens (tertiary/aromatic N) is 1. The fourth-order valence-corrected chi connectivity index (χ4v) is 2.71. The molecular weight excluding hydrogens is 294 g/mol. The lowest BCUT2D eigenvalue weighted by atomic mass is 9.96. The molecule has 5 nitrogen and oxygen atoms in total. The molecule has 1 aliphatic heterocycles. The largest absolute Gasteiger partial charge is 0.491 e. The summed E-state index contributed by atoms with van der Waals surface area (Å²) in [5.41, 5.74) is 0.649. The molecule has 5 heteroatoms. The van der Waals surface area contributed by atoms with E-state index >= 15 is 0 Å². The summed E-state index contributed by atoms with van der Waals surface area (Å²) in [7, 11) is 0. The van der Waals surface area contributed by atoms with E-state index < -0.39 is 0 Å². The lowest BCUT2D eigenvalue weighted by molar-refractivity contribution is -0.149. The Balaban J connectivity index is 1.90. The van der Waals surface area contributed by atoms with Crippen LogP contribution in [0.3, 0.4) is 0 Å². The second kappa shape index (κ2) is 7.99. The van der Waals surface area contributed by atoms with Crippen molar-refractivity contribution in [1.82, 2.24) is 4.90 Å². The summed E-state index contributed by atoms with van der Waals surface area (Å²) in [6, 6.07) is 7.21. The van der Waals surface area contributed by atoms with Gasteiger partial charge in [-0.3, -0.25) is 9.59 Å². The van der Waals surface area contributed by atoms with Crippen LogP contribution in [0.1, 0.15) is 44.0 Å². The fourth-order valence-electron chi connectivity index (χ4n) is 2.71. The quantitative estimate of drug-likeness (QED) is 0.783. The molecule has 1 saturated heterocycles. The summed E-state index contributed by atoms with van der Waals surface area (Å²) >= 11 is 0. The third kappa shape index (κ3) is 4.71. The predicted molar refractivity (Wildman–Crippen MR) is 87.5 cm³/mol. The summed E-state index contributed by atoms with van der Waals surface area (Å²) in [5.74, 6) is 0.538. The van der Waals surface area contributed by atoms with Gasteiger partial charge in [0.05, 0.1) is 18.6 Å². The van der Waals surface area contributed by atoms with Gasteiger partial charge in [-0.2, -0.15) is 0 Å². The Morgan fingerprint density at radius 2 is 1.78 bits per heavy atom. The van der Waals surface area contributed by atoms with Crippen LogP contribution in [0, 0.1) is 5.92 Å². The summed E-state index contributed by atoms with van der Waals surface area (Å²) < 4.78 is 10.6. The second-order valence-electron chi connectivity index (χ2n) is 6.01. The number of piperidine rings is 1. The number of hydrogen-bond donors (Lipinski definition) is 0. The molecule has 0 N–H and O–H groups in total. The standard InChI is InChI=1S/C18H25NO4/c1-4-22-18(21)15-9-11-19(12-10-15)17(20)14-5-7-16(8-6-14)23-13(2)3/h5-8,13,15H,4,9-12H2,1-3H3. The third-order valence-electron chi connectivity index (χ3n) is 3.88. The Kier molecular flexibility index (Phi) is 6.02. The molecule has 0 bridgehead atoms. The van der Waals surface area contributed by atoms with Crippen LogP contribution in [0.2, 0.25) is 0 Å². The molecule has 1 aliphatic rings. The number of amides is 1. The van der Waals surface area contributed by atoms with Crippen molar-refractivity contribution in [1.29, 1.82) is 0 Å². The monoisotopic (exact) mass is 319 g/mol. The van der Waals surface area contributed by atoms with E-state index in [1.54, 1.807) is 17.0 Å². The van der Waals surface area contributed by atoms with Gasteiger partial charge in [0.2, 0.25) is 0 Å². The minimum Gasteiger partial charge on any atom is -0.491 e. The number of carbonyl (C=O) groups excluding carboxylic acids is 2. The Morgan fingerprint density at radius 3 is 2.30 bits per heavy atom. The Hall–Kier alpha value is -2.04. The van der Waals surface area contributed by atoms with Crippen molar-refractivity contribution in [3.05, 3.63) is 29.8 Å². The van der Waals surface area contributed by atoms with Gasteiger partial charge in [-0.1, -0.05) is 0 Å². The topological polar surface area (TPSA) is 55.8 Å². The van der Waals surface area contributed by atoms with Gasteiger partial charge in [-0.05, 0) is 57.9 Å². The second-order valence-corrected chi connectivity index (χ2v) is 6.01. The van der Waals surface area contributed by atoms with Crippen molar-refractivity contribution in [2.24, 2.45) is 5.92 Å². The van der Waals surface area contributed by atoms with Crippen molar-refractivity contribution < 1.29 is 19.1 Å². The van der Waals surface area contributed by atoms with Crippen molar-refractivity contribution in [3.8, 4) is 5.75 Å². The molecule has 0 saturated carbocycles. The average molecular weight is 319 g/mol. The zero-order valence-electron chi connectivity index (χ0n) is 14.1. The van der Waals surface area contributed by atoms with Crippen LogP contribution in [0.25, 0.3) is 0 Å². The van der Waals surface area contributed by atoms with Crippen molar-refractivity contribution in [2.45, 2.75) is 39.7 Å². The van der Waals surface area contributed by atoms with E-state index in [4.69, 9.17) is 9.47 Å². The van der Waals surface area contributed by atoms with Crippen molar-refractivity contribution >= 4 is 11.9 Å². The van der Waals surface area contributed by atoms with E-state index in [1.807, 2.05) is 32.9 Å². The maximum atomic E-state index is 12.5. The van der Waals surface area contributed by atoms with Crippen LogP contribution in [-0.2, 0) is 9.53 Å². The number of hydrogen-bond acceptors (Lipinski definition) is 4. The minimum atomic E-state index is -0.144. The fraction of sp³-hybridized carbons (Fsp3) is 0.556. The van der Waals surface area contributed by atoms with Crippen LogP contribution >= 0.6 is 0 Å². The number of rotatable bonds is 5. The average Bonchev–Trinajstić information content (AvgIpc) is 2.55. The molecule has 2 rings (SSSR count). The van der Waals surface area contributed by atoms with Crippen LogP contribution < -0.4 is 4.74 Å². The maximum Gasteiger partial charge on any atom is 0.309 e. The molecule has 1 amide bonds. The first kappa shape index (κ1) is 17.3. The molecule has 0 aliphatic carbocycles. The van der Waals surface area contributed by atoms with Gasteiger partial charge in [0, 0.05) is 18.7 Å². The maximum absolute atomic E-state index is 12.5. The summed E-state index contributed by atoms with van der Waals surface area (Å²) in [6.07, 6.45) is 1.44. The van der Waals surface area contributed by atoms with Gasteiger partial charge in [-0.15, -0.1) is 0 Å². The zero-order chi connectivity index (χ0) is 16.8. The third-order valence-corrected chi connectivity index (χ3v) is 3.88. The van der Waals surface area contributed by atoms with Gasteiger partial charge < -0.3 is 14.4 Å². The van der Waals surface area contributed by atoms with Crippen LogP contribution in [-0.4, -0.2) is 42.6 Å². The highest BCUT2D eigenvalue weighted by Crippen LogP contribution is 2.21. The summed E-state index contributed by atoms with van der Waals surface area (Å²) in [6.45, 7) is 7.32. The molecular formula is C18H25NO4. The molecule has 23 heavy (non-hydrogen) atoms. The number of ether oxygens (including phenoxy) is 2. The lowest BCUT2D eigenvalue weighted by Crippen LogP contribution is -2.40. The Morgan fingerprint density at radius 1 is 1.17 bits per heavy atom. The molecule has 0 aromatic heterocycles. The molecule has 1 aromatic carbocycles. The molecule has 1 heterocycles.